The summed E-state index contributed by atoms with van der Waals surface area (Å²) in [7, 11) is 0. The quantitative estimate of drug-likeness (QED) is 0.646. The fourth-order valence-electron chi connectivity index (χ4n) is 1.42. The Kier molecular flexibility index (Phi) is 5.82. The molecule has 0 heterocycles. The third-order valence-electron chi connectivity index (χ3n) is 2.56. The predicted molar refractivity (Wildman–Crippen MR) is 78.2 cm³/mol. The minimum Gasteiger partial charge on any atom is -0.480 e. The second-order valence-electron chi connectivity index (χ2n) is 4.15. The Labute approximate surface area is 122 Å². The van der Waals surface area contributed by atoms with Crippen LogP contribution in [0.1, 0.15) is 17.5 Å². The molecule has 0 fully saturated rings. The number of halogens is 1. The smallest absolute Gasteiger partial charge is 0.327 e. The molecule has 20 heavy (non-hydrogen) atoms. The molecule has 1 aromatic carbocycles. The number of aliphatic carboxylic acids is 1. The molecule has 104 valence electrons. The van der Waals surface area contributed by atoms with Gasteiger partial charge in [-0.15, -0.1) is 12.3 Å². The van der Waals surface area contributed by atoms with Crippen LogP contribution in [0.5, 0.6) is 0 Å². The number of amides is 1. The minimum atomic E-state index is -1.16. The van der Waals surface area contributed by atoms with Crippen LogP contribution >= 0.6 is 11.6 Å². The topological polar surface area (TPSA) is 66.4 Å². The molecule has 1 amide bonds. The van der Waals surface area contributed by atoms with Crippen molar-refractivity contribution >= 4 is 29.6 Å². The van der Waals surface area contributed by atoms with Crippen LogP contribution < -0.4 is 5.32 Å². The van der Waals surface area contributed by atoms with Crippen molar-refractivity contribution in [2.75, 3.05) is 0 Å². The van der Waals surface area contributed by atoms with Gasteiger partial charge in [0.25, 0.3) is 0 Å². The van der Waals surface area contributed by atoms with Crippen molar-refractivity contribution in [3.63, 3.8) is 0 Å². The lowest BCUT2D eigenvalue weighted by Crippen LogP contribution is -2.39. The number of carbonyl (C=O) groups excluding carboxylic acids is 1. The Morgan fingerprint density at radius 1 is 1.55 bits per heavy atom. The van der Waals surface area contributed by atoms with Crippen LogP contribution in [-0.4, -0.2) is 23.0 Å². The Hall–Kier alpha value is -2.25. The third kappa shape index (κ3) is 4.79. The average Bonchev–Trinajstić information content (AvgIpc) is 2.39. The summed E-state index contributed by atoms with van der Waals surface area (Å²) in [5.41, 5.74) is 1.69. The van der Waals surface area contributed by atoms with Gasteiger partial charge in [0.05, 0.1) is 0 Å². The highest BCUT2D eigenvalue weighted by Gasteiger charge is 2.17. The summed E-state index contributed by atoms with van der Waals surface area (Å²) in [5.74, 6) is 0.517. The summed E-state index contributed by atoms with van der Waals surface area (Å²) < 4.78 is 0. The van der Waals surface area contributed by atoms with E-state index in [1.165, 1.54) is 6.08 Å². The van der Waals surface area contributed by atoms with E-state index in [1.807, 2.05) is 13.0 Å². The molecule has 2 N–H and O–H groups in total. The Morgan fingerprint density at radius 2 is 2.25 bits per heavy atom. The van der Waals surface area contributed by atoms with Gasteiger partial charge in [0.1, 0.15) is 6.04 Å². The maximum Gasteiger partial charge on any atom is 0.327 e. The van der Waals surface area contributed by atoms with Gasteiger partial charge in [-0.3, -0.25) is 4.79 Å². The number of carbonyl (C=O) groups is 2. The standard InChI is InChI=1S/C15H14ClNO3/c1-3-4-13(15(19)20)17-14(18)8-7-11-6-5-10(2)12(16)9-11/h1,5-9,13H,4H2,2H3,(H,17,18)(H,19,20)/b8-7+. The number of nitrogens with one attached hydrogen (secondary N) is 1. The summed E-state index contributed by atoms with van der Waals surface area (Å²) in [5, 5.41) is 11.8. The van der Waals surface area contributed by atoms with Crippen LogP contribution in [0.25, 0.3) is 6.08 Å². The first-order valence-electron chi connectivity index (χ1n) is 5.85. The number of hydrogen-bond donors (Lipinski definition) is 2. The molecule has 0 spiro atoms. The van der Waals surface area contributed by atoms with Crippen molar-refractivity contribution in [2.45, 2.75) is 19.4 Å². The van der Waals surface area contributed by atoms with Crippen LogP contribution in [0.3, 0.4) is 0 Å². The highest BCUT2D eigenvalue weighted by Crippen LogP contribution is 2.17. The molecule has 0 aliphatic carbocycles. The summed E-state index contributed by atoms with van der Waals surface area (Å²) in [4.78, 5) is 22.4. The molecule has 0 bridgehead atoms. The number of rotatable bonds is 5. The second kappa shape index (κ2) is 7.37. The number of terminal acetylenes is 1. The van der Waals surface area contributed by atoms with Gasteiger partial charge in [-0.2, -0.15) is 0 Å². The van der Waals surface area contributed by atoms with E-state index in [2.05, 4.69) is 11.2 Å². The molecule has 1 unspecified atom stereocenters. The first-order chi connectivity index (χ1) is 9.43. The lowest BCUT2D eigenvalue weighted by molar-refractivity contribution is -0.141. The predicted octanol–water partition coefficient (Wildman–Crippen LogP) is 2.25. The number of carboxylic acids is 1. The average molecular weight is 292 g/mol. The molecule has 0 saturated carbocycles. The molecule has 0 saturated heterocycles. The zero-order valence-corrected chi connectivity index (χ0v) is 11.6. The summed E-state index contributed by atoms with van der Waals surface area (Å²) in [6, 6.07) is 4.27. The van der Waals surface area contributed by atoms with Gasteiger partial charge in [0.15, 0.2) is 0 Å². The number of hydrogen-bond acceptors (Lipinski definition) is 2. The van der Waals surface area contributed by atoms with Crippen molar-refractivity contribution in [1.29, 1.82) is 0 Å². The zero-order chi connectivity index (χ0) is 15.1. The maximum atomic E-state index is 11.6. The molecule has 1 aromatic rings. The van der Waals surface area contributed by atoms with E-state index in [1.54, 1.807) is 18.2 Å². The van der Waals surface area contributed by atoms with Crippen molar-refractivity contribution in [1.82, 2.24) is 5.32 Å². The van der Waals surface area contributed by atoms with Crippen LogP contribution in [0.4, 0.5) is 0 Å². The van der Waals surface area contributed by atoms with Crippen molar-refractivity contribution < 1.29 is 14.7 Å². The zero-order valence-electron chi connectivity index (χ0n) is 10.9. The minimum absolute atomic E-state index is 0.0642. The normalized spacial score (nSPS) is 11.8. The first-order valence-corrected chi connectivity index (χ1v) is 6.23. The summed E-state index contributed by atoms with van der Waals surface area (Å²) >= 11 is 5.96. The molecule has 1 rings (SSSR count). The van der Waals surface area contributed by atoms with E-state index < -0.39 is 17.9 Å². The number of carboxylic acid groups (broad SMARTS) is 1. The van der Waals surface area contributed by atoms with Gasteiger partial charge in [-0.1, -0.05) is 23.7 Å². The van der Waals surface area contributed by atoms with Crippen molar-refractivity contribution in [2.24, 2.45) is 0 Å². The Balaban J connectivity index is 2.69. The van der Waals surface area contributed by atoms with Gasteiger partial charge >= 0.3 is 5.97 Å². The van der Waals surface area contributed by atoms with E-state index in [4.69, 9.17) is 23.1 Å². The fourth-order valence-corrected chi connectivity index (χ4v) is 1.61. The summed E-state index contributed by atoms with van der Waals surface area (Å²) in [6.45, 7) is 1.87. The molecular formula is C15H14ClNO3. The van der Waals surface area contributed by atoms with E-state index in [0.29, 0.717) is 5.02 Å². The SMILES string of the molecule is C#CCC(NC(=O)/C=C/c1ccc(C)c(Cl)c1)C(=O)O. The lowest BCUT2D eigenvalue weighted by Gasteiger charge is -2.09. The molecule has 0 radical (unpaired) electrons. The van der Waals surface area contributed by atoms with Crippen molar-refractivity contribution in [3.05, 3.63) is 40.4 Å². The highest BCUT2D eigenvalue weighted by atomic mass is 35.5. The molecular weight excluding hydrogens is 278 g/mol. The lowest BCUT2D eigenvalue weighted by atomic mass is 10.1. The third-order valence-corrected chi connectivity index (χ3v) is 2.97. The van der Waals surface area contributed by atoms with Crippen LogP contribution in [-0.2, 0) is 9.59 Å². The molecule has 0 aliphatic heterocycles. The van der Waals surface area contributed by atoms with Crippen LogP contribution in [0.2, 0.25) is 5.02 Å². The molecule has 0 aliphatic rings. The first kappa shape index (κ1) is 15.8. The maximum absolute atomic E-state index is 11.6. The summed E-state index contributed by atoms with van der Waals surface area (Å²) in [6.07, 6.45) is 7.77. The van der Waals surface area contributed by atoms with Crippen LogP contribution in [0.15, 0.2) is 24.3 Å². The van der Waals surface area contributed by atoms with Gasteiger partial charge in [0.2, 0.25) is 5.91 Å². The molecule has 0 aromatic heterocycles. The van der Waals surface area contributed by atoms with Gasteiger partial charge in [-0.25, -0.2) is 4.79 Å². The Bertz CT molecular complexity index is 587. The van der Waals surface area contributed by atoms with E-state index >= 15 is 0 Å². The van der Waals surface area contributed by atoms with Gasteiger partial charge in [0, 0.05) is 17.5 Å². The molecule has 5 heteroatoms. The molecule has 4 nitrogen and oxygen atoms in total. The highest BCUT2D eigenvalue weighted by molar-refractivity contribution is 6.31. The largest absolute Gasteiger partial charge is 0.480 e. The number of aryl methyl sites for hydroxylation is 1. The monoisotopic (exact) mass is 291 g/mol. The molecule has 1 atom stereocenters. The van der Waals surface area contributed by atoms with Crippen molar-refractivity contribution in [3.8, 4) is 12.3 Å². The van der Waals surface area contributed by atoms with E-state index in [9.17, 15) is 9.59 Å². The Morgan fingerprint density at radius 3 is 2.80 bits per heavy atom. The fraction of sp³-hybridized carbons (Fsp3) is 0.200. The second-order valence-corrected chi connectivity index (χ2v) is 4.56. The van der Waals surface area contributed by atoms with E-state index in [-0.39, 0.29) is 6.42 Å². The van der Waals surface area contributed by atoms with Gasteiger partial charge < -0.3 is 10.4 Å². The number of benzene rings is 1. The van der Waals surface area contributed by atoms with E-state index in [0.717, 1.165) is 11.1 Å². The van der Waals surface area contributed by atoms with Gasteiger partial charge in [-0.05, 0) is 30.2 Å². The van der Waals surface area contributed by atoms with Crippen LogP contribution in [0, 0.1) is 19.3 Å².